The molecule has 19 heteroatoms. The number of methoxy groups -OCH3 is 1. The molecule has 1 fully saturated rings. The van der Waals surface area contributed by atoms with Gasteiger partial charge in [0.25, 0.3) is 5.91 Å². The van der Waals surface area contributed by atoms with Gasteiger partial charge >= 0.3 is 0 Å². The van der Waals surface area contributed by atoms with Crippen molar-refractivity contribution in [3.63, 3.8) is 0 Å². The van der Waals surface area contributed by atoms with Crippen molar-refractivity contribution < 1.29 is 33.4 Å². The second kappa shape index (κ2) is 19.8. The number of imidazole rings is 2. The van der Waals surface area contributed by atoms with Gasteiger partial charge in [-0.05, 0) is 69.5 Å². The first kappa shape index (κ1) is 44.8. The second-order valence-corrected chi connectivity index (χ2v) is 17.2. The average molecular weight is 895 g/mol. The first-order chi connectivity index (χ1) is 30.4. The Labute approximate surface area is 371 Å². The van der Waals surface area contributed by atoms with Gasteiger partial charge in [0.05, 0.1) is 64.2 Å². The lowest BCUT2D eigenvalue weighted by Crippen LogP contribution is -2.37. The van der Waals surface area contributed by atoms with E-state index in [1.54, 1.807) is 28.8 Å². The SMILES string of the molecule is CCc1nc(C)sc1C(=O)/C=C/c1nc2cc(C(N)=O)cc(OCCCN3CCOCC3)c2n1C/C=C/Cn1c(NC(=O)c2sc(C)nc2CC)nc2cc(C(N)=O)cc(OC)c21. The largest absolute Gasteiger partial charge is 0.494 e. The van der Waals surface area contributed by atoms with E-state index in [0.29, 0.717) is 87.5 Å². The number of thiazole rings is 2. The molecule has 0 aliphatic carbocycles. The number of ketones is 1. The van der Waals surface area contributed by atoms with Crippen molar-refractivity contribution in [2.45, 2.75) is 60.0 Å². The molecule has 0 saturated carbocycles. The van der Waals surface area contributed by atoms with Crippen LogP contribution in [0.25, 0.3) is 28.1 Å². The van der Waals surface area contributed by atoms with E-state index < -0.39 is 11.8 Å². The van der Waals surface area contributed by atoms with Crippen molar-refractivity contribution in [1.82, 2.24) is 34.0 Å². The lowest BCUT2D eigenvalue weighted by atomic mass is 10.1. The van der Waals surface area contributed by atoms with Gasteiger partial charge < -0.3 is 34.8 Å². The Morgan fingerprint density at radius 2 is 1.40 bits per heavy atom. The third-order valence-electron chi connectivity index (χ3n) is 10.5. The first-order valence-electron chi connectivity index (χ1n) is 20.6. The number of benzene rings is 2. The summed E-state index contributed by atoms with van der Waals surface area (Å²) in [6, 6.07) is 6.34. The van der Waals surface area contributed by atoms with Crippen LogP contribution in [0, 0.1) is 13.8 Å². The molecule has 6 aromatic rings. The third kappa shape index (κ3) is 10.0. The predicted octanol–water partition coefficient (Wildman–Crippen LogP) is 5.75. The van der Waals surface area contributed by atoms with Crippen molar-refractivity contribution >= 4 is 80.3 Å². The molecule has 4 aromatic heterocycles. The highest BCUT2D eigenvalue weighted by atomic mass is 32.1. The maximum Gasteiger partial charge on any atom is 0.269 e. The van der Waals surface area contributed by atoms with Crippen LogP contribution in [0.3, 0.4) is 0 Å². The number of primary amides is 2. The number of fused-ring (bicyclic) bond motifs is 2. The zero-order valence-electron chi connectivity index (χ0n) is 35.9. The maximum absolute atomic E-state index is 13.7. The van der Waals surface area contributed by atoms with E-state index >= 15 is 0 Å². The van der Waals surface area contributed by atoms with Gasteiger partial charge in [-0.2, -0.15) is 0 Å². The van der Waals surface area contributed by atoms with Crippen molar-refractivity contribution in [1.29, 1.82) is 0 Å². The molecule has 1 aliphatic rings. The quantitative estimate of drug-likeness (QED) is 0.0383. The van der Waals surface area contributed by atoms with Gasteiger partial charge in [-0.1, -0.05) is 26.0 Å². The van der Waals surface area contributed by atoms with Crippen molar-refractivity contribution in [3.8, 4) is 11.5 Å². The van der Waals surface area contributed by atoms with Gasteiger partial charge in [-0.15, -0.1) is 22.7 Å². The number of hydrogen-bond donors (Lipinski definition) is 3. The lowest BCUT2D eigenvalue weighted by Gasteiger charge is -2.26. The fourth-order valence-corrected chi connectivity index (χ4v) is 9.27. The number of morpholine rings is 1. The second-order valence-electron chi connectivity index (χ2n) is 14.7. The van der Waals surface area contributed by atoms with Crippen LogP contribution in [0.1, 0.15) is 87.6 Å². The zero-order valence-corrected chi connectivity index (χ0v) is 37.5. The van der Waals surface area contributed by atoms with E-state index in [1.165, 1.54) is 41.9 Å². The molecule has 7 rings (SSSR count). The fourth-order valence-electron chi connectivity index (χ4n) is 7.44. The number of hydrogen-bond acceptors (Lipinski definition) is 14. The summed E-state index contributed by atoms with van der Waals surface area (Å²) < 4.78 is 21.3. The molecule has 0 radical (unpaired) electrons. The Morgan fingerprint density at radius 3 is 2.03 bits per heavy atom. The molecule has 0 spiro atoms. The minimum Gasteiger partial charge on any atom is -0.494 e. The monoisotopic (exact) mass is 894 g/mol. The summed E-state index contributed by atoms with van der Waals surface area (Å²) >= 11 is 2.65. The molecule has 63 heavy (non-hydrogen) atoms. The molecule has 5 N–H and O–H groups in total. The Morgan fingerprint density at radius 1 is 0.810 bits per heavy atom. The molecule has 5 heterocycles. The Hall–Kier alpha value is -6.28. The average Bonchev–Trinajstić information content (AvgIpc) is 4.04. The highest BCUT2D eigenvalue weighted by Gasteiger charge is 2.23. The van der Waals surface area contributed by atoms with Gasteiger partial charge in [-0.25, -0.2) is 19.9 Å². The molecule has 17 nitrogen and oxygen atoms in total. The topological polar surface area (TPSA) is 225 Å². The molecule has 0 unspecified atom stereocenters. The van der Waals surface area contributed by atoms with Crippen LogP contribution in [0.2, 0.25) is 0 Å². The van der Waals surface area contributed by atoms with Gasteiger partial charge in [-0.3, -0.25) is 29.4 Å². The number of carbonyl (C=O) groups is 4. The number of carbonyl (C=O) groups excluding carboxylic acids is 4. The number of amides is 3. The number of nitrogens with zero attached hydrogens (tertiary/aromatic N) is 7. The first-order valence-corrected chi connectivity index (χ1v) is 22.3. The molecule has 1 aliphatic heterocycles. The number of ether oxygens (including phenoxy) is 3. The highest BCUT2D eigenvalue weighted by Crippen LogP contribution is 2.33. The normalized spacial score (nSPS) is 13.5. The smallest absolute Gasteiger partial charge is 0.269 e. The van der Waals surface area contributed by atoms with E-state index in [0.717, 1.165) is 41.8 Å². The molecule has 0 bridgehead atoms. The minimum atomic E-state index is -0.654. The maximum atomic E-state index is 13.7. The van der Waals surface area contributed by atoms with Gasteiger partial charge in [0.2, 0.25) is 17.8 Å². The molecular formula is C44H50N10O7S2. The van der Waals surface area contributed by atoms with Crippen LogP contribution in [0.5, 0.6) is 11.5 Å². The van der Waals surface area contributed by atoms with Crippen LogP contribution in [-0.4, -0.2) is 104 Å². The molecule has 3 amide bonds. The fraction of sp³-hybridized carbons (Fsp3) is 0.364. The summed E-state index contributed by atoms with van der Waals surface area (Å²) in [5.41, 5.74) is 15.3. The summed E-state index contributed by atoms with van der Waals surface area (Å²) in [6.07, 6.45) is 8.87. The number of allylic oxidation sites excluding steroid dienone is 3. The highest BCUT2D eigenvalue weighted by molar-refractivity contribution is 7.14. The zero-order chi connectivity index (χ0) is 44.8. The van der Waals surface area contributed by atoms with Crippen LogP contribution >= 0.6 is 22.7 Å². The molecular weight excluding hydrogens is 845 g/mol. The van der Waals surface area contributed by atoms with Gasteiger partial charge in [0.1, 0.15) is 33.2 Å². The number of aromatic nitrogens is 6. The van der Waals surface area contributed by atoms with Crippen LogP contribution in [-0.2, 0) is 30.7 Å². The number of rotatable bonds is 19. The molecule has 0 atom stereocenters. The number of nitrogens with two attached hydrogens (primary N) is 2. The Kier molecular flexibility index (Phi) is 14.1. The molecule has 2 aromatic carbocycles. The van der Waals surface area contributed by atoms with E-state index in [-0.39, 0.29) is 41.9 Å². The number of nitrogens with one attached hydrogen (secondary N) is 1. The van der Waals surface area contributed by atoms with E-state index in [4.69, 9.17) is 35.6 Å². The number of aryl methyl sites for hydroxylation is 4. The van der Waals surface area contributed by atoms with Gasteiger partial charge in [0, 0.05) is 43.9 Å². The Balaban J connectivity index is 1.25. The van der Waals surface area contributed by atoms with Crippen molar-refractivity contribution in [2.24, 2.45) is 11.5 Å². The van der Waals surface area contributed by atoms with E-state index in [1.807, 2.05) is 44.4 Å². The lowest BCUT2D eigenvalue weighted by molar-refractivity contribution is 0.0358. The summed E-state index contributed by atoms with van der Waals surface area (Å²) in [5.74, 6) is -0.421. The van der Waals surface area contributed by atoms with Crippen molar-refractivity contribution in [3.05, 3.63) is 90.6 Å². The van der Waals surface area contributed by atoms with Crippen molar-refractivity contribution in [2.75, 3.05) is 51.9 Å². The molecule has 330 valence electrons. The van der Waals surface area contributed by atoms with Gasteiger partial charge in [0.15, 0.2) is 5.78 Å². The Bertz CT molecular complexity index is 2760. The van der Waals surface area contributed by atoms with Crippen LogP contribution < -0.4 is 26.3 Å². The summed E-state index contributed by atoms with van der Waals surface area (Å²) in [7, 11) is 1.48. The summed E-state index contributed by atoms with van der Waals surface area (Å²) in [5, 5.41) is 4.54. The van der Waals surface area contributed by atoms with E-state index in [2.05, 4.69) is 20.2 Å². The standard InChI is InChI=1S/C44H50N10O7S2/c1-6-29-39(62-25(3)47-29)33(55)11-12-36-49-31-21-28(42(46)57)24-35(61-18-10-13-52-16-19-60-20-17-52)38(31)53(36)14-8-9-15-54-37-32(22-27(41(45)56)23-34(37)59-5)50-44(54)51-43(58)40-30(7-2)48-26(4)63-40/h8-9,11-12,21-24H,6-7,10,13-20H2,1-5H3,(H2,45,56)(H2,46,57)(H,50,51,58)/b9-8+,12-11+. The number of anilines is 1. The molecule has 1 saturated heterocycles. The third-order valence-corrected chi connectivity index (χ3v) is 12.5. The predicted molar refractivity (Wildman–Crippen MR) is 243 cm³/mol. The minimum absolute atomic E-state index is 0.196. The van der Waals surface area contributed by atoms with E-state index in [9.17, 15) is 19.2 Å². The van der Waals surface area contributed by atoms with Crippen LogP contribution in [0.15, 0.2) is 42.5 Å². The summed E-state index contributed by atoms with van der Waals surface area (Å²) in [6.45, 7) is 12.4. The summed E-state index contributed by atoms with van der Waals surface area (Å²) in [4.78, 5) is 74.1. The van der Waals surface area contributed by atoms with Crippen LogP contribution in [0.4, 0.5) is 5.95 Å².